The van der Waals surface area contributed by atoms with Crippen molar-refractivity contribution in [3.63, 3.8) is 0 Å². The Morgan fingerprint density at radius 2 is 2.05 bits per heavy atom. The number of hydrogen-bond donors (Lipinski definition) is 3. The van der Waals surface area contributed by atoms with Crippen molar-refractivity contribution in [2.24, 2.45) is 0 Å². The van der Waals surface area contributed by atoms with E-state index in [4.69, 9.17) is 5.11 Å². The summed E-state index contributed by atoms with van der Waals surface area (Å²) >= 11 is 1.33. The number of carboxylic acid groups (broad SMARTS) is 1. The van der Waals surface area contributed by atoms with Crippen molar-refractivity contribution in [3.8, 4) is 0 Å². The number of carboxylic acids is 1. The molecular weight excluding hydrogens is 300 g/mol. The third-order valence-corrected chi connectivity index (χ3v) is 4.41. The maximum absolute atomic E-state index is 11.7. The van der Waals surface area contributed by atoms with E-state index in [2.05, 4.69) is 9.44 Å². The molecule has 0 saturated heterocycles. The maximum Gasteiger partial charge on any atom is 0.328 e. The van der Waals surface area contributed by atoms with Gasteiger partial charge in [-0.25, -0.2) is 4.79 Å². The summed E-state index contributed by atoms with van der Waals surface area (Å²) in [5, 5.41) is 8.52. The molecule has 20 heavy (non-hydrogen) atoms. The third kappa shape index (κ3) is 6.80. The molecule has 0 radical (unpaired) electrons. The van der Waals surface area contributed by atoms with Gasteiger partial charge < -0.3 is 5.11 Å². The van der Waals surface area contributed by atoms with Gasteiger partial charge in [-0.05, 0) is 39.0 Å². The Morgan fingerprint density at radius 1 is 1.40 bits per heavy atom. The van der Waals surface area contributed by atoms with Gasteiger partial charge in [-0.1, -0.05) is 0 Å². The summed E-state index contributed by atoms with van der Waals surface area (Å²) in [4.78, 5) is 11.9. The molecule has 3 N–H and O–H groups in total. The second-order valence-electron chi connectivity index (χ2n) is 5.15. The van der Waals surface area contributed by atoms with Crippen LogP contribution in [0.25, 0.3) is 6.08 Å². The van der Waals surface area contributed by atoms with E-state index in [1.807, 2.05) is 0 Å². The highest BCUT2D eigenvalue weighted by atomic mass is 32.2. The fourth-order valence-corrected chi connectivity index (χ4v) is 3.51. The van der Waals surface area contributed by atoms with Crippen LogP contribution in [0.4, 0.5) is 0 Å². The lowest BCUT2D eigenvalue weighted by atomic mass is 10.1. The van der Waals surface area contributed by atoms with Gasteiger partial charge in [0.1, 0.15) is 0 Å². The molecule has 0 unspecified atom stereocenters. The monoisotopic (exact) mass is 318 g/mol. The van der Waals surface area contributed by atoms with Gasteiger partial charge in [-0.15, -0.1) is 11.3 Å². The van der Waals surface area contributed by atoms with E-state index in [0.29, 0.717) is 0 Å². The Kier molecular flexibility index (Phi) is 5.46. The average Bonchev–Trinajstić information content (AvgIpc) is 2.68. The smallest absolute Gasteiger partial charge is 0.328 e. The number of rotatable bonds is 6. The molecule has 0 atom stereocenters. The summed E-state index contributed by atoms with van der Waals surface area (Å²) < 4.78 is 28.4. The van der Waals surface area contributed by atoms with Gasteiger partial charge in [-0.3, -0.25) is 0 Å². The minimum Gasteiger partial charge on any atom is -0.478 e. The minimum atomic E-state index is -3.56. The fourth-order valence-electron chi connectivity index (χ4n) is 1.34. The lowest BCUT2D eigenvalue weighted by Crippen LogP contribution is -2.46. The molecule has 0 fully saturated rings. The molecule has 0 aliphatic carbocycles. The first-order valence-electron chi connectivity index (χ1n) is 5.86. The molecule has 0 aromatic carbocycles. The van der Waals surface area contributed by atoms with Crippen molar-refractivity contribution in [1.82, 2.24) is 9.44 Å². The van der Waals surface area contributed by atoms with Gasteiger partial charge >= 0.3 is 5.97 Å². The zero-order valence-corrected chi connectivity index (χ0v) is 13.1. The largest absolute Gasteiger partial charge is 0.478 e. The second kappa shape index (κ2) is 6.49. The molecule has 1 aromatic rings. The van der Waals surface area contributed by atoms with E-state index in [9.17, 15) is 13.2 Å². The molecule has 0 aliphatic rings. The van der Waals surface area contributed by atoms with E-state index in [1.54, 1.807) is 32.9 Å². The summed E-state index contributed by atoms with van der Waals surface area (Å²) in [6.45, 7) is 5.43. The van der Waals surface area contributed by atoms with Gasteiger partial charge in [0.2, 0.25) is 0 Å². The Hall–Kier alpha value is -1.22. The van der Waals surface area contributed by atoms with Gasteiger partial charge in [-0.2, -0.15) is 17.9 Å². The maximum atomic E-state index is 11.7. The average molecular weight is 318 g/mol. The number of nitrogens with one attached hydrogen (secondary N) is 2. The topological polar surface area (TPSA) is 95.5 Å². The molecule has 0 saturated carbocycles. The Morgan fingerprint density at radius 3 is 2.60 bits per heavy atom. The Bertz CT molecular complexity index is 597. The lowest BCUT2D eigenvalue weighted by molar-refractivity contribution is -0.131. The normalized spacial score (nSPS) is 12.9. The van der Waals surface area contributed by atoms with E-state index in [0.717, 1.165) is 15.8 Å². The summed E-state index contributed by atoms with van der Waals surface area (Å²) in [7, 11) is -3.56. The number of thiophene rings is 1. The van der Waals surface area contributed by atoms with E-state index in [-0.39, 0.29) is 6.54 Å². The van der Waals surface area contributed by atoms with Crippen molar-refractivity contribution in [3.05, 3.63) is 28.0 Å². The van der Waals surface area contributed by atoms with E-state index >= 15 is 0 Å². The molecule has 1 heterocycles. The van der Waals surface area contributed by atoms with Crippen molar-refractivity contribution in [2.45, 2.75) is 32.9 Å². The van der Waals surface area contributed by atoms with Crippen molar-refractivity contribution < 1.29 is 18.3 Å². The summed E-state index contributed by atoms with van der Waals surface area (Å²) in [6.07, 6.45) is 2.51. The Labute approximate surface area is 122 Å². The molecular formula is C12H18N2O4S2. The fraction of sp³-hybridized carbons (Fsp3) is 0.417. The highest BCUT2D eigenvalue weighted by Gasteiger charge is 2.19. The van der Waals surface area contributed by atoms with Gasteiger partial charge in [0.25, 0.3) is 10.2 Å². The molecule has 1 rings (SSSR count). The van der Waals surface area contributed by atoms with Gasteiger partial charge in [0.15, 0.2) is 0 Å². The highest BCUT2D eigenvalue weighted by molar-refractivity contribution is 7.87. The molecule has 0 bridgehead atoms. The van der Waals surface area contributed by atoms with Crippen LogP contribution in [0.1, 0.15) is 30.5 Å². The number of carbonyl (C=O) groups is 1. The quantitative estimate of drug-likeness (QED) is 0.694. The second-order valence-corrected chi connectivity index (χ2v) is 7.85. The SMILES string of the molecule is CC(C)(C)NS(=O)(=O)NCc1ccc(/C=C/C(=O)O)s1. The minimum absolute atomic E-state index is 0.164. The van der Waals surface area contributed by atoms with Crippen molar-refractivity contribution >= 4 is 33.6 Å². The van der Waals surface area contributed by atoms with Crippen molar-refractivity contribution in [1.29, 1.82) is 0 Å². The van der Waals surface area contributed by atoms with Crippen LogP contribution in [0.5, 0.6) is 0 Å². The Balaban J connectivity index is 2.61. The van der Waals surface area contributed by atoms with Crippen LogP contribution in [0.2, 0.25) is 0 Å². The first-order valence-corrected chi connectivity index (χ1v) is 8.16. The molecule has 0 aliphatic heterocycles. The van der Waals surface area contributed by atoms with Crippen LogP contribution in [0.3, 0.4) is 0 Å². The van der Waals surface area contributed by atoms with Crippen molar-refractivity contribution in [2.75, 3.05) is 0 Å². The number of hydrogen-bond acceptors (Lipinski definition) is 4. The molecule has 0 spiro atoms. The van der Waals surface area contributed by atoms with Crippen LogP contribution in [0, 0.1) is 0 Å². The number of aliphatic carboxylic acids is 1. The van der Waals surface area contributed by atoms with Gasteiger partial charge in [0, 0.05) is 27.9 Å². The van der Waals surface area contributed by atoms with Crippen LogP contribution < -0.4 is 9.44 Å². The van der Waals surface area contributed by atoms with E-state index in [1.165, 1.54) is 17.4 Å². The highest BCUT2D eigenvalue weighted by Crippen LogP contribution is 2.18. The molecule has 112 valence electrons. The first-order chi connectivity index (χ1) is 9.07. The predicted octanol–water partition coefficient (Wildman–Crippen LogP) is 1.57. The van der Waals surface area contributed by atoms with Crippen LogP contribution >= 0.6 is 11.3 Å². The van der Waals surface area contributed by atoms with Gasteiger partial charge in [0.05, 0.1) is 0 Å². The first kappa shape index (κ1) is 16.8. The van der Waals surface area contributed by atoms with E-state index < -0.39 is 21.7 Å². The third-order valence-electron chi connectivity index (χ3n) is 1.95. The van der Waals surface area contributed by atoms with Crippen LogP contribution in [-0.4, -0.2) is 25.0 Å². The zero-order chi connectivity index (χ0) is 15.4. The molecule has 6 nitrogen and oxygen atoms in total. The zero-order valence-electron chi connectivity index (χ0n) is 11.5. The lowest BCUT2D eigenvalue weighted by Gasteiger charge is -2.20. The summed E-state index contributed by atoms with van der Waals surface area (Å²) in [5.74, 6) is -1.02. The molecule has 1 aromatic heterocycles. The molecule has 0 amide bonds. The summed E-state index contributed by atoms with van der Waals surface area (Å²) in [5.41, 5.74) is -0.545. The van der Waals surface area contributed by atoms with Crippen LogP contribution in [0.15, 0.2) is 18.2 Å². The standard InChI is InChI=1S/C12H18N2O4S2/c1-12(2,3)14-20(17,18)13-8-10-5-4-9(19-10)6-7-11(15)16/h4-7,13-14H,8H2,1-3H3,(H,15,16)/b7-6+. The van der Waals surface area contributed by atoms with Crippen LogP contribution in [-0.2, 0) is 21.5 Å². The molecule has 8 heteroatoms. The predicted molar refractivity (Wildman–Crippen MR) is 79.6 cm³/mol. The summed E-state index contributed by atoms with van der Waals surface area (Å²) in [6, 6.07) is 3.50.